The van der Waals surface area contributed by atoms with E-state index in [1.54, 1.807) is 0 Å². The van der Waals surface area contributed by atoms with E-state index in [1.165, 1.54) is 12.1 Å². The molecule has 0 aliphatic rings. The summed E-state index contributed by atoms with van der Waals surface area (Å²) in [7, 11) is -4.33. The molecule has 2 aromatic carbocycles. The summed E-state index contributed by atoms with van der Waals surface area (Å²) >= 11 is 11.7. The van der Waals surface area contributed by atoms with E-state index in [-0.39, 0.29) is 20.5 Å². The summed E-state index contributed by atoms with van der Waals surface area (Å²) in [6.07, 6.45) is 1.07. The molecule has 0 saturated carbocycles. The second-order valence-electron chi connectivity index (χ2n) is 5.45. The molecule has 0 atom stereocenters. The van der Waals surface area contributed by atoms with E-state index in [4.69, 9.17) is 23.2 Å². The summed E-state index contributed by atoms with van der Waals surface area (Å²) in [4.78, 5) is 6.15. The number of aromatic nitrogens is 2. The van der Waals surface area contributed by atoms with Gasteiger partial charge in [-0.1, -0.05) is 35.0 Å². The van der Waals surface area contributed by atoms with Gasteiger partial charge in [0, 0.05) is 17.4 Å². The highest BCUT2D eigenvalue weighted by Crippen LogP contribution is 2.28. The molecule has 0 fully saturated rings. The molecule has 3 rings (SSSR count). The lowest BCUT2D eigenvalue weighted by Gasteiger charge is -2.11. The fourth-order valence-electron chi connectivity index (χ4n) is 2.14. The van der Waals surface area contributed by atoms with Crippen LogP contribution in [-0.4, -0.2) is 18.4 Å². The minimum Gasteiger partial charge on any atom is -0.277 e. The SMILES string of the molecule is O=S(=O)(Nc1ccc(F)c(C#Cc2cnc(F)nc2)c1F)c1cc(Cl)ccc1Cl. The van der Waals surface area contributed by atoms with Crippen molar-refractivity contribution in [3.8, 4) is 11.8 Å². The van der Waals surface area contributed by atoms with Crippen molar-refractivity contribution in [1.82, 2.24) is 9.97 Å². The Bertz CT molecular complexity index is 1260. The quantitative estimate of drug-likeness (QED) is 0.467. The first kappa shape index (κ1) is 20.9. The number of nitrogens with zero attached hydrogens (tertiary/aromatic N) is 2. The summed E-state index contributed by atoms with van der Waals surface area (Å²) in [5.41, 5.74) is -1.16. The maximum Gasteiger partial charge on any atom is 0.308 e. The van der Waals surface area contributed by atoms with Crippen molar-refractivity contribution >= 4 is 38.9 Å². The average molecular weight is 458 g/mol. The van der Waals surface area contributed by atoms with Gasteiger partial charge in [0.1, 0.15) is 10.7 Å². The van der Waals surface area contributed by atoms with E-state index in [9.17, 15) is 21.6 Å². The fraction of sp³-hybridized carbons (Fsp3) is 0. The van der Waals surface area contributed by atoms with Gasteiger partial charge in [-0.25, -0.2) is 27.2 Å². The number of rotatable bonds is 3. The predicted molar refractivity (Wildman–Crippen MR) is 102 cm³/mol. The van der Waals surface area contributed by atoms with Crippen LogP contribution in [0.5, 0.6) is 0 Å². The second-order valence-corrected chi connectivity index (χ2v) is 7.95. The number of hydrogen-bond donors (Lipinski definition) is 1. The number of anilines is 1. The Labute approximate surface area is 173 Å². The lowest BCUT2D eigenvalue weighted by Crippen LogP contribution is -2.15. The third-order valence-corrected chi connectivity index (χ3v) is 5.55. The van der Waals surface area contributed by atoms with Gasteiger partial charge < -0.3 is 0 Å². The normalized spacial score (nSPS) is 10.9. The molecule has 5 nitrogen and oxygen atoms in total. The molecule has 1 heterocycles. The minimum absolute atomic E-state index is 0.0990. The molecule has 148 valence electrons. The van der Waals surface area contributed by atoms with Crippen molar-refractivity contribution in [2.45, 2.75) is 4.90 Å². The van der Waals surface area contributed by atoms with Crippen LogP contribution in [0.3, 0.4) is 0 Å². The standard InChI is InChI=1S/C18H8Cl2F3N3O2S/c19-11-2-4-13(20)16(7-11)29(27,28)26-15-6-5-14(21)12(17(15)22)3-1-10-8-24-18(23)25-9-10/h2,4-9,26H. The monoisotopic (exact) mass is 457 g/mol. The van der Waals surface area contributed by atoms with Gasteiger partial charge in [-0.05, 0) is 30.3 Å². The molecule has 0 spiro atoms. The third-order valence-electron chi connectivity index (χ3n) is 3.47. The highest BCUT2D eigenvalue weighted by atomic mass is 35.5. The zero-order valence-corrected chi connectivity index (χ0v) is 16.4. The molecule has 1 N–H and O–H groups in total. The van der Waals surface area contributed by atoms with Gasteiger partial charge in [-0.3, -0.25) is 4.72 Å². The maximum atomic E-state index is 14.7. The average Bonchev–Trinajstić information content (AvgIpc) is 2.67. The Balaban J connectivity index is 1.99. The third kappa shape index (κ3) is 4.79. The van der Waals surface area contributed by atoms with Gasteiger partial charge in [0.2, 0.25) is 0 Å². The summed E-state index contributed by atoms with van der Waals surface area (Å²) < 4.78 is 68.5. The van der Waals surface area contributed by atoms with Crippen LogP contribution in [0.15, 0.2) is 47.6 Å². The molecule has 0 bridgehead atoms. The number of hydrogen-bond acceptors (Lipinski definition) is 4. The van der Waals surface area contributed by atoms with Crippen molar-refractivity contribution in [2.24, 2.45) is 0 Å². The van der Waals surface area contributed by atoms with Crippen LogP contribution in [0.25, 0.3) is 0 Å². The van der Waals surface area contributed by atoms with Crippen molar-refractivity contribution in [3.63, 3.8) is 0 Å². The van der Waals surface area contributed by atoms with Gasteiger partial charge in [0.25, 0.3) is 10.0 Å². The Kier molecular flexibility index (Phi) is 5.98. The second kappa shape index (κ2) is 8.29. The first-order chi connectivity index (χ1) is 13.7. The molecule has 0 amide bonds. The lowest BCUT2D eigenvalue weighted by atomic mass is 10.1. The Morgan fingerprint density at radius 3 is 2.34 bits per heavy atom. The van der Waals surface area contributed by atoms with Crippen LogP contribution in [0.1, 0.15) is 11.1 Å². The first-order valence-electron chi connectivity index (χ1n) is 7.63. The van der Waals surface area contributed by atoms with Gasteiger partial charge in [0.15, 0.2) is 5.82 Å². The van der Waals surface area contributed by atoms with Gasteiger partial charge >= 0.3 is 6.08 Å². The topological polar surface area (TPSA) is 72.0 Å². The van der Waals surface area contributed by atoms with E-state index in [1.807, 2.05) is 4.72 Å². The van der Waals surface area contributed by atoms with Crippen LogP contribution in [0.2, 0.25) is 10.0 Å². The molecule has 11 heteroatoms. The molecule has 0 radical (unpaired) electrons. The molecule has 3 aromatic rings. The summed E-state index contributed by atoms with van der Waals surface area (Å²) in [5.74, 6) is 2.32. The lowest BCUT2D eigenvalue weighted by molar-refractivity contribution is 0.538. The molecule has 0 aliphatic carbocycles. The van der Waals surface area contributed by atoms with E-state index in [0.29, 0.717) is 0 Å². The van der Waals surface area contributed by atoms with Crippen molar-refractivity contribution < 1.29 is 21.6 Å². The zero-order chi connectivity index (χ0) is 21.2. The Morgan fingerprint density at radius 2 is 1.66 bits per heavy atom. The zero-order valence-electron chi connectivity index (χ0n) is 14.1. The molecular weight excluding hydrogens is 450 g/mol. The van der Waals surface area contributed by atoms with Gasteiger partial charge in [-0.15, -0.1) is 0 Å². The van der Waals surface area contributed by atoms with Gasteiger partial charge in [-0.2, -0.15) is 4.39 Å². The summed E-state index contributed by atoms with van der Waals surface area (Å²) in [6, 6.07) is 5.47. The fourth-order valence-corrected chi connectivity index (χ4v) is 3.96. The number of sulfonamides is 1. The molecule has 0 aliphatic heterocycles. The van der Waals surface area contributed by atoms with E-state index in [0.717, 1.165) is 30.6 Å². The molecule has 1 aromatic heterocycles. The molecule has 0 unspecified atom stereocenters. The van der Waals surface area contributed by atoms with Crippen LogP contribution in [-0.2, 0) is 10.0 Å². The molecular formula is C18H8Cl2F3N3O2S. The van der Waals surface area contributed by atoms with Crippen molar-refractivity contribution in [1.29, 1.82) is 0 Å². The van der Waals surface area contributed by atoms with E-state index < -0.39 is 39.0 Å². The highest BCUT2D eigenvalue weighted by Gasteiger charge is 2.22. The van der Waals surface area contributed by atoms with Crippen LogP contribution in [0, 0.1) is 29.6 Å². The van der Waals surface area contributed by atoms with E-state index in [2.05, 4.69) is 21.8 Å². The van der Waals surface area contributed by atoms with E-state index >= 15 is 0 Å². The summed E-state index contributed by atoms with van der Waals surface area (Å²) in [6.45, 7) is 0. The minimum atomic E-state index is -4.33. The predicted octanol–water partition coefficient (Wildman–Crippen LogP) is 4.40. The van der Waals surface area contributed by atoms with Crippen LogP contribution < -0.4 is 4.72 Å². The first-order valence-corrected chi connectivity index (χ1v) is 9.87. The highest BCUT2D eigenvalue weighted by molar-refractivity contribution is 7.92. The number of nitrogens with one attached hydrogen (secondary N) is 1. The van der Waals surface area contributed by atoms with Crippen molar-refractivity contribution in [3.05, 3.63) is 81.6 Å². The smallest absolute Gasteiger partial charge is 0.277 e. The largest absolute Gasteiger partial charge is 0.308 e. The molecule has 29 heavy (non-hydrogen) atoms. The van der Waals surface area contributed by atoms with Gasteiger partial charge in [0.05, 0.1) is 21.8 Å². The molecule has 0 saturated heterocycles. The van der Waals surface area contributed by atoms with Crippen molar-refractivity contribution in [2.75, 3.05) is 4.72 Å². The Morgan fingerprint density at radius 1 is 0.966 bits per heavy atom. The summed E-state index contributed by atoms with van der Waals surface area (Å²) in [5, 5.41) is -0.0387. The number of halogens is 5. The number of benzene rings is 2. The van der Waals surface area contributed by atoms with Crippen LogP contribution in [0.4, 0.5) is 18.9 Å². The van der Waals surface area contributed by atoms with Crippen LogP contribution >= 0.6 is 23.2 Å². The maximum absolute atomic E-state index is 14.7. The Hall–Kier alpha value is -2.80.